The molecule has 124 valence electrons. The molecule has 0 unspecified atom stereocenters. The van der Waals surface area contributed by atoms with Crippen LogP contribution < -0.4 is 5.32 Å². The van der Waals surface area contributed by atoms with Crippen LogP contribution in [-0.4, -0.2) is 21.7 Å². The average Bonchev–Trinajstić information content (AvgIpc) is 2.69. The molecule has 1 heterocycles. The zero-order valence-corrected chi connectivity index (χ0v) is 15.0. The van der Waals surface area contributed by atoms with E-state index in [9.17, 15) is 4.79 Å². The van der Waals surface area contributed by atoms with Crippen molar-refractivity contribution in [3.05, 3.63) is 51.8 Å². The fraction of sp³-hybridized carbons (Fsp3) is 0.474. The van der Waals surface area contributed by atoms with E-state index in [4.69, 9.17) is 0 Å². The van der Waals surface area contributed by atoms with Gasteiger partial charge in [0.15, 0.2) is 0 Å². The Morgan fingerprint density at radius 2 is 1.96 bits per heavy atom. The standard InChI is InChI=1S/C19H27N3O/c1-12-7-8-13(2)17(9-12)11-19(23)20-14(3)10-18-15(4)21-22(6)16(18)5/h7-9,14H,10-11H2,1-6H3,(H,20,23)/t14-/m1/s1. The van der Waals surface area contributed by atoms with E-state index >= 15 is 0 Å². The third kappa shape index (κ3) is 4.21. The monoisotopic (exact) mass is 313 g/mol. The highest BCUT2D eigenvalue weighted by Crippen LogP contribution is 2.15. The summed E-state index contributed by atoms with van der Waals surface area (Å²) in [5.41, 5.74) is 6.89. The molecule has 0 aliphatic heterocycles. The number of rotatable bonds is 5. The van der Waals surface area contributed by atoms with Crippen molar-refractivity contribution >= 4 is 5.91 Å². The van der Waals surface area contributed by atoms with Gasteiger partial charge in [-0.05, 0) is 57.7 Å². The number of hydrogen-bond donors (Lipinski definition) is 1. The molecule has 0 bridgehead atoms. The van der Waals surface area contributed by atoms with Gasteiger partial charge in [-0.3, -0.25) is 9.48 Å². The Morgan fingerprint density at radius 3 is 2.57 bits per heavy atom. The van der Waals surface area contributed by atoms with Crippen LogP contribution in [0.3, 0.4) is 0 Å². The molecule has 1 aromatic carbocycles. The Balaban J connectivity index is 1.98. The maximum Gasteiger partial charge on any atom is 0.224 e. The minimum absolute atomic E-state index is 0.0744. The molecular formula is C19H27N3O. The van der Waals surface area contributed by atoms with Crippen molar-refractivity contribution in [3.63, 3.8) is 0 Å². The molecule has 0 fully saturated rings. The molecule has 0 aliphatic rings. The predicted molar refractivity (Wildman–Crippen MR) is 93.6 cm³/mol. The molecule has 1 atom stereocenters. The van der Waals surface area contributed by atoms with Gasteiger partial charge < -0.3 is 5.32 Å². The first-order chi connectivity index (χ1) is 10.8. The zero-order valence-electron chi connectivity index (χ0n) is 15.0. The fourth-order valence-corrected chi connectivity index (χ4v) is 2.96. The topological polar surface area (TPSA) is 46.9 Å². The molecule has 0 radical (unpaired) electrons. The summed E-state index contributed by atoms with van der Waals surface area (Å²) in [5, 5.41) is 7.55. The van der Waals surface area contributed by atoms with Crippen molar-refractivity contribution in [2.45, 2.75) is 53.5 Å². The molecule has 1 aromatic heterocycles. The van der Waals surface area contributed by atoms with E-state index in [1.54, 1.807) is 0 Å². The molecule has 23 heavy (non-hydrogen) atoms. The summed E-state index contributed by atoms with van der Waals surface area (Å²) in [4.78, 5) is 12.3. The minimum Gasteiger partial charge on any atom is -0.353 e. The van der Waals surface area contributed by atoms with E-state index in [1.165, 1.54) is 11.1 Å². The van der Waals surface area contributed by atoms with Crippen molar-refractivity contribution in [2.75, 3.05) is 0 Å². The van der Waals surface area contributed by atoms with Crippen LogP contribution >= 0.6 is 0 Å². The Labute approximate surface area is 138 Å². The quantitative estimate of drug-likeness (QED) is 0.922. The highest BCUT2D eigenvalue weighted by atomic mass is 16.1. The van der Waals surface area contributed by atoms with Crippen molar-refractivity contribution in [1.29, 1.82) is 0 Å². The molecule has 4 nitrogen and oxygen atoms in total. The molecule has 1 amide bonds. The van der Waals surface area contributed by atoms with Crippen LogP contribution in [-0.2, 0) is 24.7 Å². The maximum atomic E-state index is 12.3. The highest BCUT2D eigenvalue weighted by molar-refractivity contribution is 5.79. The van der Waals surface area contributed by atoms with Gasteiger partial charge in [0.25, 0.3) is 0 Å². The largest absolute Gasteiger partial charge is 0.353 e. The third-order valence-corrected chi connectivity index (χ3v) is 4.43. The summed E-state index contributed by atoms with van der Waals surface area (Å²) in [6, 6.07) is 6.33. The SMILES string of the molecule is Cc1ccc(C)c(CC(=O)N[C@H](C)Cc2c(C)nn(C)c2C)c1. The van der Waals surface area contributed by atoms with E-state index in [0.29, 0.717) is 6.42 Å². The molecular weight excluding hydrogens is 286 g/mol. The second kappa shape index (κ2) is 6.99. The summed E-state index contributed by atoms with van der Waals surface area (Å²) in [6.45, 7) is 10.2. The van der Waals surface area contributed by atoms with E-state index in [2.05, 4.69) is 42.5 Å². The lowest BCUT2D eigenvalue weighted by atomic mass is 10.0. The van der Waals surface area contributed by atoms with Gasteiger partial charge in [0, 0.05) is 18.8 Å². The summed E-state index contributed by atoms with van der Waals surface area (Å²) in [7, 11) is 1.95. The molecule has 1 N–H and O–H groups in total. The number of aromatic nitrogens is 2. The van der Waals surface area contributed by atoms with E-state index < -0.39 is 0 Å². The Morgan fingerprint density at radius 1 is 1.26 bits per heavy atom. The zero-order chi connectivity index (χ0) is 17.1. The summed E-state index contributed by atoms with van der Waals surface area (Å²) in [5.74, 6) is 0.0744. The van der Waals surface area contributed by atoms with Crippen LogP contribution in [0, 0.1) is 27.7 Å². The van der Waals surface area contributed by atoms with Crippen molar-refractivity contribution in [1.82, 2.24) is 15.1 Å². The summed E-state index contributed by atoms with van der Waals surface area (Å²) < 4.78 is 1.90. The van der Waals surface area contributed by atoms with Crippen molar-refractivity contribution < 1.29 is 4.79 Å². The van der Waals surface area contributed by atoms with Gasteiger partial charge in [-0.25, -0.2) is 0 Å². The summed E-state index contributed by atoms with van der Waals surface area (Å²) >= 11 is 0. The van der Waals surface area contributed by atoms with Crippen LogP contribution in [0.5, 0.6) is 0 Å². The van der Waals surface area contributed by atoms with E-state index in [1.807, 2.05) is 32.5 Å². The second-order valence-electron chi connectivity index (χ2n) is 6.55. The van der Waals surface area contributed by atoms with Gasteiger partial charge >= 0.3 is 0 Å². The number of carbonyl (C=O) groups excluding carboxylic acids is 1. The first-order valence-electron chi connectivity index (χ1n) is 8.12. The maximum absolute atomic E-state index is 12.3. The molecule has 0 aliphatic carbocycles. The van der Waals surface area contributed by atoms with Gasteiger partial charge in [0.05, 0.1) is 12.1 Å². The van der Waals surface area contributed by atoms with Gasteiger partial charge in [0.1, 0.15) is 0 Å². The smallest absolute Gasteiger partial charge is 0.224 e. The average molecular weight is 313 g/mol. The van der Waals surface area contributed by atoms with Crippen LogP contribution in [0.25, 0.3) is 0 Å². The minimum atomic E-state index is 0.0744. The molecule has 4 heteroatoms. The lowest BCUT2D eigenvalue weighted by molar-refractivity contribution is -0.121. The van der Waals surface area contributed by atoms with Gasteiger partial charge in [0.2, 0.25) is 5.91 Å². The lowest BCUT2D eigenvalue weighted by Gasteiger charge is -2.15. The number of hydrogen-bond acceptors (Lipinski definition) is 2. The fourth-order valence-electron chi connectivity index (χ4n) is 2.96. The summed E-state index contributed by atoms with van der Waals surface area (Å²) in [6.07, 6.45) is 1.24. The Kier molecular flexibility index (Phi) is 5.24. The van der Waals surface area contributed by atoms with Crippen LogP contribution in [0.15, 0.2) is 18.2 Å². The number of nitrogens with one attached hydrogen (secondary N) is 1. The van der Waals surface area contributed by atoms with Gasteiger partial charge in [-0.2, -0.15) is 5.10 Å². The number of aryl methyl sites for hydroxylation is 4. The molecule has 0 saturated heterocycles. The van der Waals surface area contributed by atoms with Crippen LogP contribution in [0.2, 0.25) is 0 Å². The van der Waals surface area contributed by atoms with E-state index in [0.717, 1.165) is 28.9 Å². The number of benzene rings is 1. The van der Waals surface area contributed by atoms with Crippen LogP contribution in [0.4, 0.5) is 0 Å². The lowest BCUT2D eigenvalue weighted by Crippen LogP contribution is -2.35. The number of carbonyl (C=O) groups is 1. The normalized spacial score (nSPS) is 12.3. The molecule has 0 spiro atoms. The Hall–Kier alpha value is -2.10. The first-order valence-corrected chi connectivity index (χ1v) is 8.12. The predicted octanol–water partition coefficient (Wildman–Crippen LogP) is 2.94. The number of amides is 1. The number of nitrogens with zero attached hydrogens (tertiary/aromatic N) is 2. The van der Waals surface area contributed by atoms with Gasteiger partial charge in [-0.15, -0.1) is 0 Å². The highest BCUT2D eigenvalue weighted by Gasteiger charge is 2.15. The Bertz CT molecular complexity index is 716. The first kappa shape index (κ1) is 17.3. The molecule has 2 rings (SSSR count). The van der Waals surface area contributed by atoms with Crippen LogP contribution in [0.1, 0.15) is 40.6 Å². The second-order valence-corrected chi connectivity index (χ2v) is 6.55. The molecule has 2 aromatic rings. The van der Waals surface area contributed by atoms with Crippen molar-refractivity contribution in [3.8, 4) is 0 Å². The van der Waals surface area contributed by atoms with Gasteiger partial charge in [-0.1, -0.05) is 23.8 Å². The van der Waals surface area contributed by atoms with Crippen molar-refractivity contribution in [2.24, 2.45) is 7.05 Å². The third-order valence-electron chi connectivity index (χ3n) is 4.43. The van der Waals surface area contributed by atoms with E-state index in [-0.39, 0.29) is 11.9 Å². The molecule has 0 saturated carbocycles.